The lowest BCUT2D eigenvalue weighted by Crippen LogP contribution is -1.67. The molecular formula is C9H16F2. The minimum Gasteiger partial charge on any atom is -0.174 e. The Morgan fingerprint density at radius 1 is 1.36 bits per heavy atom. The standard InChI is InChI=1S/C7H14.C2H2F2/c1-3-5-7-6-4-2;1-2(3)4/h3H,1,4-7H2,2H3;1H2. The van der Waals surface area contributed by atoms with Crippen molar-refractivity contribution in [3.8, 4) is 0 Å². The molecule has 0 spiro atoms. The van der Waals surface area contributed by atoms with Crippen LogP contribution in [0.15, 0.2) is 25.3 Å². The van der Waals surface area contributed by atoms with Gasteiger partial charge in [0.15, 0.2) is 0 Å². The van der Waals surface area contributed by atoms with E-state index in [2.05, 4.69) is 20.1 Å². The quantitative estimate of drug-likeness (QED) is 0.430. The lowest BCUT2D eigenvalue weighted by atomic mass is 10.2. The van der Waals surface area contributed by atoms with E-state index in [1.165, 1.54) is 25.7 Å². The zero-order valence-electron chi connectivity index (χ0n) is 7.08. The van der Waals surface area contributed by atoms with Crippen LogP contribution in [0.5, 0.6) is 0 Å². The summed E-state index contributed by atoms with van der Waals surface area (Å²) >= 11 is 0. The molecule has 0 aromatic heterocycles. The topological polar surface area (TPSA) is 0 Å². The first-order chi connectivity index (χ1) is 5.15. The predicted octanol–water partition coefficient (Wildman–Crippen LogP) is 4.15. The van der Waals surface area contributed by atoms with E-state index in [0.29, 0.717) is 0 Å². The molecule has 0 aliphatic rings. The monoisotopic (exact) mass is 162 g/mol. The summed E-state index contributed by atoms with van der Waals surface area (Å²) in [7, 11) is 0. The van der Waals surface area contributed by atoms with Crippen molar-refractivity contribution in [2.45, 2.75) is 32.6 Å². The third-order valence-electron chi connectivity index (χ3n) is 1.01. The Bertz CT molecular complexity index is 93.7. The first-order valence-electron chi connectivity index (χ1n) is 3.76. The van der Waals surface area contributed by atoms with Gasteiger partial charge in [-0.2, -0.15) is 8.78 Å². The number of hydrogen-bond donors (Lipinski definition) is 0. The zero-order valence-corrected chi connectivity index (χ0v) is 7.08. The molecule has 0 saturated carbocycles. The van der Waals surface area contributed by atoms with Crippen molar-refractivity contribution in [1.29, 1.82) is 0 Å². The van der Waals surface area contributed by atoms with Crippen LogP contribution >= 0.6 is 0 Å². The summed E-state index contributed by atoms with van der Waals surface area (Å²) in [5.41, 5.74) is 0. The third kappa shape index (κ3) is 45.1. The molecule has 0 radical (unpaired) electrons. The Hall–Kier alpha value is -0.660. The molecule has 0 nitrogen and oxygen atoms in total. The van der Waals surface area contributed by atoms with Crippen LogP contribution in [0.3, 0.4) is 0 Å². The van der Waals surface area contributed by atoms with Crippen LogP contribution in [0.25, 0.3) is 0 Å². The van der Waals surface area contributed by atoms with Gasteiger partial charge in [0.05, 0.1) is 0 Å². The molecule has 0 rings (SSSR count). The first kappa shape index (κ1) is 13.0. The highest BCUT2D eigenvalue weighted by Gasteiger charge is 1.77. The van der Waals surface area contributed by atoms with Gasteiger partial charge in [0.1, 0.15) is 0 Å². The van der Waals surface area contributed by atoms with E-state index in [9.17, 15) is 8.78 Å². The first-order valence-corrected chi connectivity index (χ1v) is 3.76. The second kappa shape index (κ2) is 12.1. The molecule has 0 unspecified atom stereocenters. The second-order valence-electron chi connectivity index (χ2n) is 2.12. The lowest BCUT2D eigenvalue weighted by Gasteiger charge is -1.87. The van der Waals surface area contributed by atoms with Crippen LogP contribution < -0.4 is 0 Å². The molecule has 0 aromatic rings. The van der Waals surface area contributed by atoms with Gasteiger partial charge < -0.3 is 0 Å². The van der Waals surface area contributed by atoms with E-state index >= 15 is 0 Å². The molecule has 0 amide bonds. The molecule has 0 bridgehead atoms. The van der Waals surface area contributed by atoms with Gasteiger partial charge in [-0.05, 0) is 19.4 Å². The Morgan fingerprint density at radius 3 is 2.09 bits per heavy atom. The van der Waals surface area contributed by atoms with Crippen LogP contribution in [-0.2, 0) is 0 Å². The average molecular weight is 162 g/mol. The van der Waals surface area contributed by atoms with Crippen LogP contribution in [0.4, 0.5) is 8.78 Å². The highest BCUT2D eigenvalue weighted by Crippen LogP contribution is 1.97. The van der Waals surface area contributed by atoms with Crippen molar-refractivity contribution < 1.29 is 8.78 Å². The number of rotatable bonds is 4. The highest BCUT2D eigenvalue weighted by atomic mass is 19.3. The highest BCUT2D eigenvalue weighted by molar-refractivity contribution is 4.64. The van der Waals surface area contributed by atoms with Gasteiger partial charge in [0.2, 0.25) is 0 Å². The van der Waals surface area contributed by atoms with Crippen LogP contribution in [-0.4, -0.2) is 0 Å². The number of unbranched alkanes of at least 4 members (excludes halogenated alkanes) is 3. The van der Waals surface area contributed by atoms with Crippen molar-refractivity contribution >= 4 is 0 Å². The van der Waals surface area contributed by atoms with Gasteiger partial charge in [-0.15, -0.1) is 6.58 Å². The third-order valence-corrected chi connectivity index (χ3v) is 1.01. The maximum atomic E-state index is 10.1. The molecule has 66 valence electrons. The molecule has 0 atom stereocenters. The summed E-state index contributed by atoms with van der Waals surface area (Å²) in [5, 5.41) is 0. The Balaban J connectivity index is 0. The van der Waals surface area contributed by atoms with Crippen molar-refractivity contribution in [3.63, 3.8) is 0 Å². The Morgan fingerprint density at radius 2 is 1.82 bits per heavy atom. The van der Waals surface area contributed by atoms with Gasteiger partial charge in [0.25, 0.3) is 6.08 Å². The predicted molar refractivity (Wildman–Crippen MR) is 45.7 cm³/mol. The van der Waals surface area contributed by atoms with Gasteiger partial charge in [-0.25, -0.2) is 0 Å². The average Bonchev–Trinajstić information content (AvgIpc) is 1.88. The van der Waals surface area contributed by atoms with Crippen molar-refractivity contribution in [2.24, 2.45) is 0 Å². The summed E-state index contributed by atoms with van der Waals surface area (Å²) in [6.45, 7) is 8.07. The van der Waals surface area contributed by atoms with Gasteiger partial charge in [-0.1, -0.05) is 25.8 Å². The van der Waals surface area contributed by atoms with E-state index in [4.69, 9.17) is 0 Å². The molecule has 0 aromatic carbocycles. The van der Waals surface area contributed by atoms with E-state index in [-0.39, 0.29) is 0 Å². The minimum atomic E-state index is -1.83. The van der Waals surface area contributed by atoms with Crippen molar-refractivity contribution in [3.05, 3.63) is 25.3 Å². The molecule has 0 aliphatic heterocycles. The summed E-state index contributed by atoms with van der Waals surface area (Å²) in [5.74, 6) is 0. The lowest BCUT2D eigenvalue weighted by molar-refractivity contribution is 0.426. The largest absolute Gasteiger partial charge is 0.263 e. The number of hydrogen-bond acceptors (Lipinski definition) is 0. The van der Waals surface area contributed by atoms with E-state index in [1.54, 1.807) is 0 Å². The van der Waals surface area contributed by atoms with Gasteiger partial charge in [0, 0.05) is 0 Å². The normalized spacial score (nSPS) is 7.91. The number of allylic oxidation sites excluding steroid dienone is 1. The molecule has 0 aliphatic carbocycles. The second-order valence-corrected chi connectivity index (χ2v) is 2.12. The molecular weight excluding hydrogens is 146 g/mol. The molecule has 0 heterocycles. The molecule has 11 heavy (non-hydrogen) atoms. The minimum absolute atomic E-state index is 1.19. The molecule has 2 heteroatoms. The Labute approximate surface area is 67.6 Å². The molecule has 0 N–H and O–H groups in total. The van der Waals surface area contributed by atoms with E-state index < -0.39 is 6.08 Å². The van der Waals surface area contributed by atoms with Gasteiger partial charge >= 0.3 is 0 Å². The van der Waals surface area contributed by atoms with Gasteiger partial charge in [-0.3, -0.25) is 0 Å². The zero-order chi connectivity index (χ0) is 9.11. The van der Waals surface area contributed by atoms with E-state index in [1.807, 2.05) is 6.08 Å². The Kier molecular flexibility index (Phi) is 14.2. The molecule has 0 fully saturated rings. The fourth-order valence-electron chi connectivity index (χ4n) is 0.539. The van der Waals surface area contributed by atoms with Crippen LogP contribution in [0, 0.1) is 0 Å². The smallest absolute Gasteiger partial charge is 0.174 e. The van der Waals surface area contributed by atoms with E-state index in [0.717, 1.165) is 0 Å². The van der Waals surface area contributed by atoms with Crippen LogP contribution in [0.2, 0.25) is 0 Å². The summed E-state index contributed by atoms with van der Waals surface area (Å²) in [6.07, 6.45) is 5.32. The summed E-state index contributed by atoms with van der Waals surface area (Å²) in [4.78, 5) is 0. The summed E-state index contributed by atoms with van der Waals surface area (Å²) < 4.78 is 20.3. The SMILES string of the molecule is C=C(F)F.C=CCCCCC. The fraction of sp³-hybridized carbons (Fsp3) is 0.556. The van der Waals surface area contributed by atoms with Crippen molar-refractivity contribution in [1.82, 2.24) is 0 Å². The van der Waals surface area contributed by atoms with Crippen molar-refractivity contribution in [2.75, 3.05) is 0 Å². The van der Waals surface area contributed by atoms with Crippen LogP contribution in [0.1, 0.15) is 32.6 Å². The maximum Gasteiger partial charge on any atom is 0.263 e. The maximum absolute atomic E-state index is 10.1. The summed E-state index contributed by atoms with van der Waals surface area (Å²) in [6, 6.07) is 0. The fourth-order valence-corrected chi connectivity index (χ4v) is 0.539. The number of halogens is 2. The molecule has 0 saturated heterocycles.